The Morgan fingerprint density at radius 1 is 1.14 bits per heavy atom. The van der Waals surface area contributed by atoms with Crippen molar-refractivity contribution in [3.8, 4) is 0 Å². The largest absolute Gasteiger partial charge is 0.462 e. The average Bonchev–Trinajstić information content (AvgIpc) is 2.47. The van der Waals surface area contributed by atoms with Gasteiger partial charge in [-0.3, -0.25) is 4.79 Å². The number of carbonyl (C=O) groups excluding carboxylic acids is 1. The highest BCUT2D eigenvalue weighted by Crippen LogP contribution is 2.16. The molecule has 1 heterocycles. The van der Waals surface area contributed by atoms with Crippen LogP contribution in [0.5, 0.6) is 0 Å². The van der Waals surface area contributed by atoms with E-state index in [0.29, 0.717) is 6.42 Å². The van der Waals surface area contributed by atoms with Crippen LogP contribution in [0.15, 0.2) is 12.2 Å². The summed E-state index contributed by atoms with van der Waals surface area (Å²) in [4.78, 5) is 11.7. The summed E-state index contributed by atoms with van der Waals surface area (Å²) in [6.07, 6.45) is 8.18. The van der Waals surface area contributed by atoms with Gasteiger partial charge in [0.1, 0.15) is 6.10 Å². The first-order valence-corrected chi connectivity index (χ1v) is 7.96. The molecule has 0 unspecified atom stereocenters. The third-order valence-corrected chi connectivity index (χ3v) is 3.75. The number of carbonyl (C=O) groups is 1. The highest BCUT2D eigenvalue weighted by atomic mass is 16.5. The Hall–Kier alpha value is -0.910. The number of cyclic esters (lactones) is 1. The predicted molar refractivity (Wildman–Crippen MR) is 79.7 cm³/mol. The van der Waals surface area contributed by atoms with Gasteiger partial charge >= 0.3 is 5.97 Å². The molecule has 21 heavy (non-hydrogen) atoms. The molecule has 0 radical (unpaired) electrons. The summed E-state index contributed by atoms with van der Waals surface area (Å²) in [5.41, 5.74) is 0. The van der Waals surface area contributed by atoms with E-state index in [-0.39, 0.29) is 31.5 Å². The molecule has 0 fully saturated rings. The van der Waals surface area contributed by atoms with Gasteiger partial charge in [0, 0.05) is 19.4 Å². The predicted octanol–water partition coefficient (Wildman–Crippen LogP) is 1.69. The van der Waals surface area contributed by atoms with Gasteiger partial charge in [0.05, 0.1) is 12.2 Å². The van der Waals surface area contributed by atoms with Crippen LogP contribution in [-0.4, -0.2) is 46.2 Å². The molecule has 5 heteroatoms. The first-order valence-electron chi connectivity index (χ1n) is 7.96. The number of rotatable bonds is 7. The smallest absolute Gasteiger partial charge is 0.306 e. The van der Waals surface area contributed by atoms with E-state index < -0.39 is 12.2 Å². The van der Waals surface area contributed by atoms with Crippen molar-refractivity contribution in [2.45, 2.75) is 76.1 Å². The minimum absolute atomic E-state index is 0.138. The van der Waals surface area contributed by atoms with Crippen molar-refractivity contribution in [2.75, 3.05) is 6.61 Å². The summed E-state index contributed by atoms with van der Waals surface area (Å²) in [5, 5.41) is 28.0. The Bertz CT molecular complexity index is 316. The maximum atomic E-state index is 11.7. The SMILES string of the molecule is O=C1CC[C@@H](O)[C@H](O)/C=C/C[C@H](CCCCCCCO)O1. The van der Waals surface area contributed by atoms with Crippen LogP contribution in [0.2, 0.25) is 0 Å². The van der Waals surface area contributed by atoms with Crippen LogP contribution in [0.4, 0.5) is 0 Å². The van der Waals surface area contributed by atoms with Crippen LogP contribution >= 0.6 is 0 Å². The lowest BCUT2D eigenvalue weighted by atomic mass is 10.0. The Morgan fingerprint density at radius 2 is 1.86 bits per heavy atom. The van der Waals surface area contributed by atoms with Crippen LogP contribution in [0, 0.1) is 0 Å². The molecule has 0 aromatic carbocycles. The monoisotopic (exact) mass is 300 g/mol. The molecule has 0 bridgehead atoms. The fourth-order valence-corrected chi connectivity index (χ4v) is 2.42. The summed E-state index contributed by atoms with van der Waals surface area (Å²) in [5.74, 6) is -0.304. The van der Waals surface area contributed by atoms with Crippen molar-refractivity contribution in [1.82, 2.24) is 0 Å². The molecule has 0 saturated carbocycles. The second-order valence-corrected chi connectivity index (χ2v) is 5.65. The fourth-order valence-electron chi connectivity index (χ4n) is 2.42. The van der Waals surface area contributed by atoms with Crippen LogP contribution < -0.4 is 0 Å². The number of unbranched alkanes of at least 4 members (excludes halogenated alkanes) is 4. The molecule has 0 spiro atoms. The third-order valence-electron chi connectivity index (χ3n) is 3.75. The second-order valence-electron chi connectivity index (χ2n) is 5.65. The highest BCUT2D eigenvalue weighted by molar-refractivity contribution is 5.69. The lowest BCUT2D eigenvalue weighted by Crippen LogP contribution is -2.27. The molecule has 0 aromatic heterocycles. The molecule has 3 atom stereocenters. The van der Waals surface area contributed by atoms with Gasteiger partial charge in [-0.2, -0.15) is 0 Å². The zero-order valence-corrected chi connectivity index (χ0v) is 12.6. The van der Waals surface area contributed by atoms with E-state index in [9.17, 15) is 15.0 Å². The van der Waals surface area contributed by atoms with Crippen molar-refractivity contribution in [1.29, 1.82) is 0 Å². The maximum Gasteiger partial charge on any atom is 0.306 e. The molecule has 0 saturated heterocycles. The van der Waals surface area contributed by atoms with Gasteiger partial charge in [0.25, 0.3) is 0 Å². The normalized spacial score (nSPS) is 28.9. The first-order chi connectivity index (χ1) is 10.1. The molecule has 0 amide bonds. The van der Waals surface area contributed by atoms with Crippen molar-refractivity contribution < 1.29 is 24.9 Å². The molecular weight excluding hydrogens is 272 g/mol. The van der Waals surface area contributed by atoms with Crippen LogP contribution in [0.3, 0.4) is 0 Å². The lowest BCUT2D eigenvalue weighted by Gasteiger charge is -2.20. The summed E-state index contributed by atoms with van der Waals surface area (Å²) in [6, 6.07) is 0. The van der Waals surface area contributed by atoms with Crippen molar-refractivity contribution in [3.05, 3.63) is 12.2 Å². The van der Waals surface area contributed by atoms with Gasteiger partial charge < -0.3 is 20.1 Å². The van der Waals surface area contributed by atoms with Gasteiger partial charge in [-0.15, -0.1) is 0 Å². The fraction of sp³-hybridized carbons (Fsp3) is 0.812. The minimum atomic E-state index is -0.907. The average molecular weight is 300 g/mol. The van der Waals surface area contributed by atoms with Crippen LogP contribution in [0.25, 0.3) is 0 Å². The zero-order valence-electron chi connectivity index (χ0n) is 12.6. The van der Waals surface area contributed by atoms with E-state index in [0.717, 1.165) is 38.5 Å². The van der Waals surface area contributed by atoms with Gasteiger partial charge in [0.2, 0.25) is 0 Å². The van der Waals surface area contributed by atoms with Crippen LogP contribution in [-0.2, 0) is 9.53 Å². The molecule has 1 aliphatic rings. The van der Waals surface area contributed by atoms with E-state index in [1.807, 2.05) is 0 Å². The summed E-state index contributed by atoms with van der Waals surface area (Å²) < 4.78 is 5.42. The highest BCUT2D eigenvalue weighted by Gasteiger charge is 2.20. The molecule has 122 valence electrons. The minimum Gasteiger partial charge on any atom is -0.462 e. The zero-order chi connectivity index (χ0) is 15.5. The van der Waals surface area contributed by atoms with E-state index in [1.165, 1.54) is 0 Å². The number of aliphatic hydroxyl groups is 3. The standard InChI is InChI=1S/C16H28O5/c17-12-5-3-1-2-4-7-13-8-6-9-14(18)15(19)10-11-16(20)21-13/h6,9,13-15,17-19H,1-5,7-8,10-12H2/b9-6+/t13-,14+,15+/m0/s1. The molecule has 0 aliphatic carbocycles. The Morgan fingerprint density at radius 3 is 2.62 bits per heavy atom. The van der Waals surface area contributed by atoms with Crippen molar-refractivity contribution >= 4 is 5.97 Å². The van der Waals surface area contributed by atoms with Crippen molar-refractivity contribution in [3.63, 3.8) is 0 Å². The summed E-state index contributed by atoms with van der Waals surface area (Å²) in [6.45, 7) is 0.249. The number of esters is 1. The lowest BCUT2D eigenvalue weighted by molar-refractivity contribution is -0.150. The van der Waals surface area contributed by atoms with E-state index in [4.69, 9.17) is 9.84 Å². The Kier molecular flexibility index (Phi) is 9.30. The first kappa shape index (κ1) is 18.1. The summed E-state index contributed by atoms with van der Waals surface area (Å²) in [7, 11) is 0. The maximum absolute atomic E-state index is 11.7. The number of hydrogen-bond donors (Lipinski definition) is 3. The molecule has 0 aromatic rings. The van der Waals surface area contributed by atoms with Gasteiger partial charge in [0.15, 0.2) is 0 Å². The Labute approximate surface area is 126 Å². The van der Waals surface area contributed by atoms with Gasteiger partial charge in [-0.1, -0.05) is 31.4 Å². The van der Waals surface area contributed by atoms with Crippen LogP contribution in [0.1, 0.15) is 57.8 Å². The number of ether oxygens (including phenoxy) is 1. The molecule has 5 nitrogen and oxygen atoms in total. The Balaban J connectivity index is 2.34. The van der Waals surface area contributed by atoms with Gasteiger partial charge in [-0.25, -0.2) is 0 Å². The quantitative estimate of drug-likeness (QED) is 0.378. The van der Waals surface area contributed by atoms with Crippen molar-refractivity contribution in [2.24, 2.45) is 0 Å². The van der Waals surface area contributed by atoms with E-state index >= 15 is 0 Å². The molecular formula is C16H28O5. The van der Waals surface area contributed by atoms with Gasteiger partial charge in [-0.05, 0) is 25.7 Å². The second kappa shape index (κ2) is 10.8. The number of aliphatic hydroxyl groups excluding tert-OH is 3. The number of hydrogen-bond acceptors (Lipinski definition) is 5. The third kappa shape index (κ3) is 8.19. The molecule has 1 rings (SSSR count). The summed E-state index contributed by atoms with van der Waals surface area (Å²) >= 11 is 0. The topological polar surface area (TPSA) is 87.0 Å². The van der Waals surface area contributed by atoms with E-state index in [1.54, 1.807) is 12.2 Å². The molecule has 1 aliphatic heterocycles. The molecule has 3 N–H and O–H groups in total. The van der Waals surface area contributed by atoms with E-state index in [2.05, 4.69) is 0 Å².